The van der Waals surface area contributed by atoms with Gasteiger partial charge in [0.25, 0.3) is 0 Å². The van der Waals surface area contributed by atoms with Crippen LogP contribution in [-0.4, -0.2) is 23.6 Å². The Balaban J connectivity index is 1.92. The van der Waals surface area contributed by atoms with Crippen LogP contribution in [0.2, 0.25) is 0 Å². The molecule has 0 aromatic heterocycles. The third-order valence-corrected chi connectivity index (χ3v) is 4.29. The highest BCUT2D eigenvalue weighted by molar-refractivity contribution is 9.10. The van der Waals surface area contributed by atoms with Crippen LogP contribution in [0.25, 0.3) is 0 Å². The lowest BCUT2D eigenvalue weighted by Crippen LogP contribution is -2.24. The summed E-state index contributed by atoms with van der Waals surface area (Å²) in [4.78, 5) is 2.36. The highest BCUT2D eigenvalue weighted by Crippen LogP contribution is 2.27. The molecule has 1 N–H and O–H groups in total. The zero-order valence-corrected chi connectivity index (χ0v) is 11.9. The van der Waals surface area contributed by atoms with Gasteiger partial charge in [0, 0.05) is 17.6 Å². The lowest BCUT2D eigenvalue weighted by atomic mass is 10.1. The first-order valence-electron chi connectivity index (χ1n) is 6.31. The van der Waals surface area contributed by atoms with Gasteiger partial charge in [-0.2, -0.15) is 0 Å². The standard InChI is InChI=1S/C14H20BrNO/c1-16(9-11-4-2-3-5-11)10-12-8-13(17)6-7-14(12)15/h6-8,11,17H,2-5,9-10H2,1H3. The van der Waals surface area contributed by atoms with Crippen LogP contribution >= 0.6 is 15.9 Å². The predicted octanol–water partition coefficient (Wildman–Crippen LogP) is 3.78. The first-order valence-corrected chi connectivity index (χ1v) is 7.10. The number of hydrogen-bond donors (Lipinski definition) is 1. The van der Waals surface area contributed by atoms with Crippen LogP contribution < -0.4 is 0 Å². The molecule has 1 aromatic carbocycles. The summed E-state index contributed by atoms with van der Waals surface area (Å²) in [6.45, 7) is 2.06. The van der Waals surface area contributed by atoms with Crippen molar-refractivity contribution in [1.29, 1.82) is 0 Å². The van der Waals surface area contributed by atoms with E-state index >= 15 is 0 Å². The number of aromatic hydroxyl groups is 1. The van der Waals surface area contributed by atoms with Crippen molar-refractivity contribution in [2.45, 2.75) is 32.2 Å². The van der Waals surface area contributed by atoms with Gasteiger partial charge < -0.3 is 10.0 Å². The van der Waals surface area contributed by atoms with E-state index in [1.54, 1.807) is 6.07 Å². The summed E-state index contributed by atoms with van der Waals surface area (Å²) in [5.74, 6) is 1.22. The smallest absolute Gasteiger partial charge is 0.115 e. The minimum absolute atomic E-state index is 0.345. The molecule has 1 aromatic rings. The van der Waals surface area contributed by atoms with E-state index < -0.39 is 0 Å². The highest BCUT2D eigenvalue weighted by Gasteiger charge is 2.17. The van der Waals surface area contributed by atoms with Crippen molar-refractivity contribution < 1.29 is 5.11 Å². The molecule has 0 radical (unpaired) electrons. The monoisotopic (exact) mass is 297 g/mol. The lowest BCUT2D eigenvalue weighted by molar-refractivity contribution is 0.270. The van der Waals surface area contributed by atoms with E-state index in [-0.39, 0.29) is 0 Å². The summed E-state index contributed by atoms with van der Waals surface area (Å²) in [6, 6.07) is 5.47. The average Bonchev–Trinajstić information content (AvgIpc) is 2.76. The normalized spacial score (nSPS) is 16.9. The number of rotatable bonds is 4. The lowest BCUT2D eigenvalue weighted by Gasteiger charge is -2.21. The third kappa shape index (κ3) is 3.71. The Hall–Kier alpha value is -0.540. The second kappa shape index (κ2) is 5.87. The van der Waals surface area contributed by atoms with Gasteiger partial charge >= 0.3 is 0 Å². The minimum Gasteiger partial charge on any atom is -0.508 e. The number of phenolic OH excluding ortho intramolecular Hbond substituents is 1. The first kappa shape index (κ1) is 12.9. The number of hydrogen-bond acceptors (Lipinski definition) is 2. The van der Waals surface area contributed by atoms with Gasteiger partial charge in [0.05, 0.1) is 0 Å². The maximum Gasteiger partial charge on any atom is 0.115 e. The van der Waals surface area contributed by atoms with Crippen LogP contribution in [0.4, 0.5) is 0 Å². The Morgan fingerprint density at radius 1 is 1.35 bits per heavy atom. The molecule has 0 saturated heterocycles. The predicted molar refractivity (Wildman–Crippen MR) is 74.1 cm³/mol. The molecule has 0 unspecified atom stereocenters. The van der Waals surface area contributed by atoms with Gasteiger partial charge in [-0.3, -0.25) is 0 Å². The van der Waals surface area contributed by atoms with Crippen molar-refractivity contribution in [3.63, 3.8) is 0 Å². The van der Waals surface area contributed by atoms with Crippen molar-refractivity contribution in [1.82, 2.24) is 4.90 Å². The van der Waals surface area contributed by atoms with Crippen LogP contribution in [0.5, 0.6) is 5.75 Å². The van der Waals surface area contributed by atoms with E-state index in [1.807, 2.05) is 12.1 Å². The Labute approximate surface area is 112 Å². The summed E-state index contributed by atoms with van der Waals surface area (Å²) < 4.78 is 1.08. The Morgan fingerprint density at radius 2 is 2.06 bits per heavy atom. The van der Waals surface area contributed by atoms with Gasteiger partial charge in [-0.15, -0.1) is 0 Å². The van der Waals surface area contributed by atoms with Gasteiger partial charge in [-0.25, -0.2) is 0 Å². The second-order valence-electron chi connectivity index (χ2n) is 5.12. The van der Waals surface area contributed by atoms with Crippen LogP contribution in [0, 0.1) is 5.92 Å². The maximum atomic E-state index is 9.50. The molecule has 1 saturated carbocycles. The van der Waals surface area contributed by atoms with E-state index in [4.69, 9.17) is 0 Å². The largest absolute Gasteiger partial charge is 0.508 e. The van der Waals surface area contributed by atoms with E-state index in [9.17, 15) is 5.11 Å². The fourth-order valence-corrected chi connectivity index (χ4v) is 3.04. The van der Waals surface area contributed by atoms with Crippen LogP contribution in [0.15, 0.2) is 22.7 Å². The first-order chi connectivity index (χ1) is 8.15. The summed E-state index contributed by atoms with van der Waals surface area (Å²) in [5, 5.41) is 9.50. The quantitative estimate of drug-likeness (QED) is 0.914. The Kier molecular flexibility index (Phi) is 4.46. The van der Waals surface area contributed by atoms with Crippen molar-refractivity contribution in [3.8, 4) is 5.75 Å². The number of nitrogens with zero attached hydrogens (tertiary/aromatic N) is 1. The van der Waals surface area contributed by atoms with E-state index in [1.165, 1.54) is 32.2 Å². The molecule has 94 valence electrons. The van der Waals surface area contributed by atoms with Crippen LogP contribution in [0.1, 0.15) is 31.2 Å². The van der Waals surface area contributed by atoms with Crippen molar-refractivity contribution in [3.05, 3.63) is 28.2 Å². The molecule has 2 rings (SSSR count). The molecule has 0 spiro atoms. The van der Waals surface area contributed by atoms with Crippen LogP contribution in [-0.2, 0) is 6.54 Å². The fraction of sp³-hybridized carbons (Fsp3) is 0.571. The molecule has 0 amide bonds. The molecule has 0 heterocycles. The van der Waals surface area contributed by atoms with Crippen molar-refractivity contribution >= 4 is 15.9 Å². The summed E-state index contributed by atoms with van der Waals surface area (Å²) in [7, 11) is 2.16. The molecule has 1 aliphatic rings. The van der Waals surface area contributed by atoms with Gasteiger partial charge in [0.1, 0.15) is 5.75 Å². The Morgan fingerprint density at radius 3 is 2.76 bits per heavy atom. The summed E-state index contributed by atoms with van der Waals surface area (Å²) in [5.41, 5.74) is 1.16. The van der Waals surface area contributed by atoms with Crippen LogP contribution in [0.3, 0.4) is 0 Å². The van der Waals surface area contributed by atoms with E-state index in [0.29, 0.717) is 5.75 Å². The molecule has 3 heteroatoms. The van der Waals surface area contributed by atoms with Gasteiger partial charge in [0.15, 0.2) is 0 Å². The summed E-state index contributed by atoms with van der Waals surface area (Å²) in [6.07, 6.45) is 5.56. The molecular formula is C14H20BrNO. The molecular weight excluding hydrogens is 278 g/mol. The van der Waals surface area contributed by atoms with E-state index in [0.717, 1.165) is 22.5 Å². The SMILES string of the molecule is CN(Cc1cc(O)ccc1Br)CC1CCCC1. The zero-order valence-electron chi connectivity index (χ0n) is 10.3. The van der Waals surface area contributed by atoms with Crippen molar-refractivity contribution in [2.24, 2.45) is 5.92 Å². The Bertz CT molecular complexity index is 374. The van der Waals surface area contributed by atoms with Gasteiger partial charge in [-0.1, -0.05) is 28.8 Å². The average molecular weight is 298 g/mol. The van der Waals surface area contributed by atoms with Gasteiger partial charge in [-0.05, 0) is 49.6 Å². The molecule has 2 nitrogen and oxygen atoms in total. The topological polar surface area (TPSA) is 23.5 Å². The number of phenols is 1. The number of halogens is 1. The maximum absolute atomic E-state index is 9.50. The molecule has 1 aliphatic carbocycles. The minimum atomic E-state index is 0.345. The van der Waals surface area contributed by atoms with E-state index in [2.05, 4.69) is 27.9 Å². The number of benzene rings is 1. The fourth-order valence-electron chi connectivity index (χ4n) is 2.67. The molecule has 0 bridgehead atoms. The molecule has 1 fully saturated rings. The zero-order chi connectivity index (χ0) is 12.3. The second-order valence-corrected chi connectivity index (χ2v) is 5.98. The molecule has 0 atom stereocenters. The van der Waals surface area contributed by atoms with Crippen molar-refractivity contribution in [2.75, 3.05) is 13.6 Å². The highest BCUT2D eigenvalue weighted by atomic mass is 79.9. The third-order valence-electron chi connectivity index (χ3n) is 3.51. The molecule has 17 heavy (non-hydrogen) atoms. The molecule has 0 aliphatic heterocycles. The van der Waals surface area contributed by atoms with Gasteiger partial charge in [0.2, 0.25) is 0 Å². The summed E-state index contributed by atoms with van der Waals surface area (Å²) >= 11 is 3.53.